The number of fused-ring (bicyclic) bond motifs is 1. The highest BCUT2D eigenvalue weighted by molar-refractivity contribution is 5.81. The number of carbonyl (C=O) groups excluding carboxylic acids is 1. The zero-order valence-corrected chi connectivity index (χ0v) is 24.9. The Balaban J connectivity index is 0.00000400. The van der Waals surface area contributed by atoms with Crippen LogP contribution < -0.4 is 33.2 Å². The SMILES string of the molecule is C[N+](C)(C)c1ccc(CC(=O)OCCCCCCn2ccc3cc(OCc4ccccc4)ccc32)cc1.[I-]. The summed E-state index contributed by atoms with van der Waals surface area (Å²) < 4.78 is 14.5. The predicted octanol–water partition coefficient (Wildman–Crippen LogP) is 3.77. The van der Waals surface area contributed by atoms with Crippen LogP contribution in [0.2, 0.25) is 0 Å². The molecule has 0 aliphatic heterocycles. The Morgan fingerprint density at radius 1 is 0.816 bits per heavy atom. The van der Waals surface area contributed by atoms with Crippen LogP contribution in [-0.2, 0) is 29.1 Å². The normalized spacial score (nSPS) is 11.2. The third-order valence-corrected chi connectivity index (χ3v) is 6.61. The fraction of sp³-hybridized carbons (Fsp3) is 0.344. The van der Waals surface area contributed by atoms with E-state index in [-0.39, 0.29) is 29.9 Å². The van der Waals surface area contributed by atoms with Gasteiger partial charge in [-0.05, 0) is 66.8 Å². The molecule has 0 amide bonds. The van der Waals surface area contributed by atoms with Crippen molar-refractivity contribution >= 4 is 22.6 Å². The standard InChI is InChI=1S/C32H39N2O3.HI/c1-34(2,3)29-15-13-26(14-16-29)23-32(35)36-22-10-5-4-9-20-33-21-19-28-24-30(17-18-31(28)33)37-25-27-11-7-6-8-12-27;/h6-8,11-19,21,24H,4-5,9-10,20,22-23,25H2,1-3H3;1H/q+1;/p-1. The second-order valence-electron chi connectivity index (χ2n) is 10.5. The van der Waals surface area contributed by atoms with Crippen LogP contribution in [-0.4, -0.2) is 38.3 Å². The Kier molecular flexibility index (Phi) is 11.2. The minimum absolute atomic E-state index is 0. The molecular weight excluding hydrogens is 587 g/mol. The Morgan fingerprint density at radius 3 is 2.29 bits per heavy atom. The summed E-state index contributed by atoms with van der Waals surface area (Å²) in [6.45, 7) is 2.05. The number of rotatable bonds is 13. The van der Waals surface area contributed by atoms with Gasteiger partial charge in [-0.3, -0.25) is 9.28 Å². The number of hydrogen-bond acceptors (Lipinski definition) is 3. The average molecular weight is 627 g/mol. The minimum atomic E-state index is -0.149. The molecule has 0 aliphatic carbocycles. The first kappa shape index (κ1) is 29.7. The number of ether oxygens (including phenoxy) is 2. The zero-order chi connectivity index (χ0) is 26.1. The molecule has 3 aromatic carbocycles. The first-order valence-electron chi connectivity index (χ1n) is 13.2. The Hall–Kier alpha value is -2.84. The lowest BCUT2D eigenvalue weighted by Gasteiger charge is -2.23. The van der Waals surface area contributed by atoms with Crippen LogP contribution >= 0.6 is 0 Å². The van der Waals surface area contributed by atoms with Crippen LogP contribution in [0.1, 0.15) is 36.8 Å². The van der Waals surface area contributed by atoms with E-state index in [1.807, 2.05) is 36.4 Å². The van der Waals surface area contributed by atoms with E-state index in [1.54, 1.807) is 0 Å². The number of aromatic nitrogens is 1. The largest absolute Gasteiger partial charge is 1.00 e. The molecule has 6 heteroatoms. The van der Waals surface area contributed by atoms with E-state index < -0.39 is 0 Å². The molecule has 0 N–H and O–H groups in total. The molecule has 5 nitrogen and oxygen atoms in total. The summed E-state index contributed by atoms with van der Waals surface area (Å²) in [5, 5.41) is 1.20. The number of aryl methyl sites for hydroxylation is 1. The molecular formula is C32H39IN2O3. The monoisotopic (exact) mass is 626 g/mol. The molecule has 0 bridgehead atoms. The first-order valence-corrected chi connectivity index (χ1v) is 13.2. The Bertz CT molecular complexity index is 1280. The highest BCUT2D eigenvalue weighted by Crippen LogP contribution is 2.23. The van der Waals surface area contributed by atoms with Gasteiger partial charge in [-0.2, -0.15) is 0 Å². The van der Waals surface area contributed by atoms with E-state index in [2.05, 4.69) is 74.4 Å². The molecule has 0 saturated carbocycles. The number of hydrogen-bond donors (Lipinski definition) is 0. The van der Waals surface area contributed by atoms with Gasteiger partial charge in [0.1, 0.15) is 18.0 Å². The van der Waals surface area contributed by atoms with Crippen LogP contribution in [0.3, 0.4) is 0 Å². The van der Waals surface area contributed by atoms with Crippen molar-refractivity contribution in [1.29, 1.82) is 0 Å². The van der Waals surface area contributed by atoms with Crippen molar-refractivity contribution in [2.45, 2.75) is 45.3 Å². The maximum atomic E-state index is 12.2. The summed E-state index contributed by atoms with van der Waals surface area (Å²) in [6.07, 6.45) is 6.66. The molecule has 0 saturated heterocycles. The van der Waals surface area contributed by atoms with E-state index in [9.17, 15) is 4.79 Å². The van der Waals surface area contributed by atoms with Gasteiger partial charge in [0.05, 0.1) is 34.2 Å². The van der Waals surface area contributed by atoms with Crippen molar-refractivity contribution in [1.82, 2.24) is 9.05 Å². The average Bonchev–Trinajstić information content (AvgIpc) is 3.29. The molecule has 202 valence electrons. The molecule has 1 aromatic heterocycles. The van der Waals surface area contributed by atoms with Crippen LogP contribution in [0.15, 0.2) is 85.1 Å². The van der Waals surface area contributed by atoms with E-state index >= 15 is 0 Å². The number of quaternary nitrogens is 1. The lowest BCUT2D eigenvalue weighted by atomic mass is 10.1. The van der Waals surface area contributed by atoms with Crippen molar-refractivity contribution in [3.63, 3.8) is 0 Å². The van der Waals surface area contributed by atoms with Crippen LogP contribution in [0.4, 0.5) is 5.69 Å². The molecule has 0 atom stereocenters. The third kappa shape index (κ3) is 8.88. The van der Waals surface area contributed by atoms with E-state index in [1.165, 1.54) is 22.2 Å². The summed E-state index contributed by atoms with van der Waals surface area (Å²) in [5.74, 6) is 0.744. The van der Waals surface area contributed by atoms with E-state index in [4.69, 9.17) is 9.47 Å². The lowest BCUT2D eigenvalue weighted by Crippen LogP contribution is -3.00. The van der Waals surface area contributed by atoms with Crippen molar-refractivity contribution in [2.75, 3.05) is 27.7 Å². The first-order chi connectivity index (χ1) is 17.9. The van der Waals surface area contributed by atoms with Gasteiger partial charge in [0, 0.05) is 23.6 Å². The number of halogens is 1. The zero-order valence-electron chi connectivity index (χ0n) is 22.7. The van der Waals surface area contributed by atoms with E-state index in [0.29, 0.717) is 19.6 Å². The topological polar surface area (TPSA) is 40.5 Å². The summed E-state index contributed by atoms with van der Waals surface area (Å²) >= 11 is 0. The number of nitrogens with zero attached hydrogens (tertiary/aromatic N) is 2. The van der Waals surface area contributed by atoms with Crippen LogP contribution in [0.5, 0.6) is 5.75 Å². The molecule has 0 fully saturated rings. The second kappa shape index (κ2) is 14.4. The molecule has 4 rings (SSSR count). The molecule has 0 spiro atoms. The van der Waals surface area contributed by atoms with Crippen LogP contribution in [0, 0.1) is 0 Å². The van der Waals surface area contributed by atoms with Gasteiger partial charge in [-0.15, -0.1) is 0 Å². The number of unbranched alkanes of at least 4 members (excludes halogenated alkanes) is 3. The van der Waals surface area contributed by atoms with Gasteiger partial charge < -0.3 is 38.0 Å². The maximum absolute atomic E-state index is 12.2. The number of carbonyl (C=O) groups is 1. The highest BCUT2D eigenvalue weighted by atomic mass is 127. The van der Waals surface area contributed by atoms with Crippen molar-refractivity contribution in [3.8, 4) is 5.75 Å². The molecule has 0 radical (unpaired) electrons. The third-order valence-electron chi connectivity index (χ3n) is 6.61. The van der Waals surface area contributed by atoms with Gasteiger partial charge in [0.25, 0.3) is 0 Å². The minimum Gasteiger partial charge on any atom is -1.00 e. The highest BCUT2D eigenvalue weighted by Gasteiger charge is 2.12. The number of esters is 1. The van der Waals surface area contributed by atoms with Crippen molar-refractivity contribution in [3.05, 3.63) is 96.2 Å². The van der Waals surface area contributed by atoms with Gasteiger partial charge in [0.2, 0.25) is 0 Å². The molecule has 0 unspecified atom stereocenters. The fourth-order valence-electron chi connectivity index (χ4n) is 4.41. The lowest BCUT2D eigenvalue weighted by molar-refractivity contribution is -0.142. The predicted molar refractivity (Wildman–Crippen MR) is 152 cm³/mol. The van der Waals surface area contributed by atoms with Gasteiger partial charge in [-0.25, -0.2) is 0 Å². The van der Waals surface area contributed by atoms with Gasteiger partial charge in [-0.1, -0.05) is 48.9 Å². The molecule has 4 aromatic rings. The Labute approximate surface area is 244 Å². The molecule has 1 heterocycles. The molecule has 38 heavy (non-hydrogen) atoms. The fourth-order valence-corrected chi connectivity index (χ4v) is 4.41. The quantitative estimate of drug-likeness (QED) is 0.0983. The van der Waals surface area contributed by atoms with Crippen molar-refractivity contribution in [2.24, 2.45) is 0 Å². The summed E-state index contributed by atoms with van der Waals surface area (Å²) in [5.41, 5.74) is 4.61. The Morgan fingerprint density at radius 2 is 1.55 bits per heavy atom. The van der Waals surface area contributed by atoms with Crippen LogP contribution in [0.25, 0.3) is 10.9 Å². The maximum Gasteiger partial charge on any atom is 0.310 e. The van der Waals surface area contributed by atoms with Gasteiger partial charge >= 0.3 is 5.97 Å². The summed E-state index contributed by atoms with van der Waals surface area (Å²) in [4.78, 5) is 12.2. The van der Waals surface area contributed by atoms with Gasteiger partial charge in [0.15, 0.2) is 0 Å². The van der Waals surface area contributed by atoms with E-state index in [0.717, 1.165) is 48.0 Å². The van der Waals surface area contributed by atoms with Crippen molar-refractivity contribution < 1.29 is 38.2 Å². The number of benzene rings is 3. The second-order valence-corrected chi connectivity index (χ2v) is 10.5. The summed E-state index contributed by atoms with van der Waals surface area (Å²) in [7, 11) is 6.38. The summed E-state index contributed by atoms with van der Waals surface area (Å²) in [6, 6.07) is 26.9. The molecule has 0 aliphatic rings. The smallest absolute Gasteiger partial charge is 0.310 e.